The third-order valence-electron chi connectivity index (χ3n) is 2.55. The molecule has 1 aromatic heterocycles. The quantitative estimate of drug-likeness (QED) is 0.551. The predicted molar refractivity (Wildman–Crippen MR) is 52.5 cm³/mol. The molecule has 0 aromatic carbocycles. The minimum Gasteiger partial charge on any atom is -0.394 e. The summed E-state index contributed by atoms with van der Waals surface area (Å²) in [4.78, 5) is 10.2. The molecule has 0 bridgehead atoms. The van der Waals surface area contributed by atoms with E-state index in [1.165, 1.54) is 10.9 Å². The molecule has 0 aliphatic heterocycles. The van der Waals surface area contributed by atoms with Crippen LogP contribution in [0.5, 0.6) is 0 Å². The highest BCUT2D eigenvalue weighted by Gasteiger charge is 2.44. The van der Waals surface area contributed by atoms with Gasteiger partial charge in [0.1, 0.15) is 6.20 Å². The van der Waals surface area contributed by atoms with Crippen LogP contribution in [0.4, 0.5) is 11.5 Å². The number of aromatic nitrogens is 2. The van der Waals surface area contributed by atoms with Gasteiger partial charge in [0.25, 0.3) is 0 Å². The Kier molecular flexibility index (Phi) is 2.11. The van der Waals surface area contributed by atoms with Crippen LogP contribution in [0, 0.1) is 10.1 Å². The number of anilines is 1. The molecule has 7 heteroatoms. The van der Waals surface area contributed by atoms with Crippen molar-refractivity contribution in [2.45, 2.75) is 18.4 Å². The van der Waals surface area contributed by atoms with E-state index in [-0.39, 0.29) is 23.7 Å². The molecule has 1 fully saturated rings. The fourth-order valence-electron chi connectivity index (χ4n) is 1.42. The van der Waals surface area contributed by atoms with Crippen LogP contribution in [0.2, 0.25) is 0 Å². The highest BCUT2D eigenvalue weighted by Crippen LogP contribution is 2.39. The average molecular weight is 212 g/mol. The first-order chi connectivity index (χ1) is 7.06. The molecule has 15 heavy (non-hydrogen) atoms. The van der Waals surface area contributed by atoms with Crippen LogP contribution in [-0.4, -0.2) is 32.0 Å². The fraction of sp³-hybridized carbons (Fsp3) is 0.625. The van der Waals surface area contributed by atoms with Crippen LogP contribution in [-0.2, 0) is 7.05 Å². The second-order valence-electron chi connectivity index (χ2n) is 3.86. The molecule has 1 aliphatic carbocycles. The van der Waals surface area contributed by atoms with Gasteiger partial charge in [0.15, 0.2) is 0 Å². The molecule has 2 N–H and O–H groups in total. The Labute approximate surface area is 85.9 Å². The molecule has 1 heterocycles. The van der Waals surface area contributed by atoms with Crippen molar-refractivity contribution in [2.75, 3.05) is 11.9 Å². The second-order valence-corrected chi connectivity index (χ2v) is 3.86. The lowest BCUT2D eigenvalue weighted by molar-refractivity contribution is -0.384. The molecule has 7 nitrogen and oxygen atoms in total. The minimum absolute atomic E-state index is 0.0271. The summed E-state index contributed by atoms with van der Waals surface area (Å²) in [6, 6.07) is 0. The SMILES string of the molecule is Cn1cc([N+](=O)[O-])c(NC2(CO)CC2)n1. The van der Waals surface area contributed by atoms with Crippen LogP contribution in [0.3, 0.4) is 0 Å². The van der Waals surface area contributed by atoms with Gasteiger partial charge in [-0.15, -0.1) is 5.10 Å². The van der Waals surface area contributed by atoms with Crippen molar-refractivity contribution in [3.63, 3.8) is 0 Å². The first-order valence-corrected chi connectivity index (χ1v) is 4.63. The topological polar surface area (TPSA) is 93.2 Å². The zero-order valence-corrected chi connectivity index (χ0v) is 8.30. The molecule has 1 aromatic rings. The summed E-state index contributed by atoms with van der Waals surface area (Å²) in [5.41, 5.74) is -0.448. The lowest BCUT2D eigenvalue weighted by atomic mass is 10.3. The molecule has 0 atom stereocenters. The van der Waals surface area contributed by atoms with Gasteiger partial charge in [0.05, 0.1) is 17.1 Å². The highest BCUT2D eigenvalue weighted by atomic mass is 16.6. The second kappa shape index (κ2) is 3.20. The van der Waals surface area contributed by atoms with Gasteiger partial charge in [-0.2, -0.15) is 0 Å². The lowest BCUT2D eigenvalue weighted by Gasteiger charge is -2.12. The van der Waals surface area contributed by atoms with E-state index in [9.17, 15) is 10.1 Å². The number of aryl methyl sites for hydroxylation is 1. The normalized spacial score (nSPS) is 17.5. The van der Waals surface area contributed by atoms with Crippen molar-refractivity contribution in [1.82, 2.24) is 9.78 Å². The number of nitro groups is 1. The van der Waals surface area contributed by atoms with E-state index in [1.807, 2.05) is 0 Å². The Morgan fingerprint density at radius 1 is 1.80 bits per heavy atom. The van der Waals surface area contributed by atoms with E-state index >= 15 is 0 Å². The molecule has 0 radical (unpaired) electrons. The first-order valence-electron chi connectivity index (χ1n) is 4.63. The van der Waals surface area contributed by atoms with Crippen molar-refractivity contribution in [3.05, 3.63) is 16.3 Å². The van der Waals surface area contributed by atoms with Gasteiger partial charge in [-0.25, -0.2) is 0 Å². The Bertz CT molecular complexity index is 397. The molecule has 0 amide bonds. The molecule has 1 aliphatic rings. The summed E-state index contributed by atoms with van der Waals surface area (Å²) in [6.07, 6.45) is 2.98. The summed E-state index contributed by atoms with van der Waals surface area (Å²) >= 11 is 0. The summed E-state index contributed by atoms with van der Waals surface area (Å²) in [6.45, 7) is -0.0271. The molecule has 1 saturated carbocycles. The molecule has 2 rings (SSSR count). The largest absolute Gasteiger partial charge is 0.394 e. The first kappa shape index (κ1) is 9.91. The number of aliphatic hydroxyl groups is 1. The van der Waals surface area contributed by atoms with Gasteiger partial charge in [-0.1, -0.05) is 0 Å². The van der Waals surface area contributed by atoms with Gasteiger partial charge >= 0.3 is 5.69 Å². The summed E-state index contributed by atoms with van der Waals surface area (Å²) in [5, 5.41) is 26.7. The van der Waals surface area contributed by atoms with Crippen molar-refractivity contribution < 1.29 is 10.0 Å². The van der Waals surface area contributed by atoms with Crippen molar-refractivity contribution in [2.24, 2.45) is 7.05 Å². The van der Waals surface area contributed by atoms with Crippen LogP contribution in [0.25, 0.3) is 0 Å². The van der Waals surface area contributed by atoms with Crippen molar-refractivity contribution in [3.8, 4) is 0 Å². The maximum absolute atomic E-state index is 10.7. The maximum Gasteiger partial charge on any atom is 0.330 e. The Balaban J connectivity index is 2.24. The number of hydrogen-bond donors (Lipinski definition) is 2. The number of nitrogens with one attached hydrogen (secondary N) is 1. The Morgan fingerprint density at radius 2 is 2.47 bits per heavy atom. The van der Waals surface area contributed by atoms with Gasteiger partial charge < -0.3 is 10.4 Å². The highest BCUT2D eigenvalue weighted by molar-refractivity contribution is 5.57. The summed E-state index contributed by atoms with van der Waals surface area (Å²) < 4.78 is 1.38. The third-order valence-corrected chi connectivity index (χ3v) is 2.55. The molecule has 0 unspecified atom stereocenters. The van der Waals surface area contributed by atoms with Crippen LogP contribution in [0.15, 0.2) is 6.20 Å². The average Bonchev–Trinajstić information content (AvgIpc) is 2.84. The molecule has 0 saturated heterocycles. The lowest BCUT2D eigenvalue weighted by Crippen LogP contribution is -2.26. The molecular weight excluding hydrogens is 200 g/mol. The number of rotatable bonds is 4. The van der Waals surface area contributed by atoms with Crippen molar-refractivity contribution in [1.29, 1.82) is 0 Å². The Morgan fingerprint density at radius 3 is 2.93 bits per heavy atom. The van der Waals surface area contributed by atoms with Gasteiger partial charge in [-0.3, -0.25) is 14.8 Å². The van der Waals surface area contributed by atoms with E-state index in [1.54, 1.807) is 7.05 Å². The van der Waals surface area contributed by atoms with Gasteiger partial charge in [0, 0.05) is 7.05 Å². The van der Waals surface area contributed by atoms with Gasteiger partial charge in [0.2, 0.25) is 5.82 Å². The van der Waals surface area contributed by atoms with E-state index in [2.05, 4.69) is 10.4 Å². The van der Waals surface area contributed by atoms with E-state index < -0.39 is 4.92 Å². The molecular formula is C8H12N4O3. The zero-order chi connectivity index (χ0) is 11.1. The van der Waals surface area contributed by atoms with E-state index in [0.717, 1.165) is 12.8 Å². The molecule has 82 valence electrons. The van der Waals surface area contributed by atoms with Crippen LogP contribution >= 0.6 is 0 Å². The number of hydrogen-bond acceptors (Lipinski definition) is 5. The van der Waals surface area contributed by atoms with Crippen molar-refractivity contribution >= 4 is 11.5 Å². The van der Waals surface area contributed by atoms with Crippen LogP contribution < -0.4 is 5.32 Å². The van der Waals surface area contributed by atoms with Crippen LogP contribution in [0.1, 0.15) is 12.8 Å². The monoisotopic (exact) mass is 212 g/mol. The van der Waals surface area contributed by atoms with Gasteiger partial charge in [-0.05, 0) is 12.8 Å². The minimum atomic E-state index is -0.483. The molecule has 0 spiro atoms. The van der Waals surface area contributed by atoms with E-state index in [4.69, 9.17) is 5.11 Å². The maximum atomic E-state index is 10.7. The smallest absolute Gasteiger partial charge is 0.330 e. The predicted octanol–water partition coefficient (Wildman–Crippen LogP) is 0.265. The third kappa shape index (κ3) is 1.78. The Hall–Kier alpha value is -1.63. The fourth-order valence-corrected chi connectivity index (χ4v) is 1.42. The zero-order valence-electron chi connectivity index (χ0n) is 8.30. The standard InChI is InChI=1S/C8H12N4O3/c1-11-4-6(12(14)15)7(10-11)9-8(5-13)2-3-8/h4,13H,2-3,5H2,1H3,(H,9,10). The summed E-state index contributed by atoms with van der Waals surface area (Å²) in [5.74, 6) is 0.231. The number of aliphatic hydroxyl groups excluding tert-OH is 1. The number of nitrogens with zero attached hydrogens (tertiary/aromatic N) is 3. The summed E-state index contributed by atoms with van der Waals surface area (Å²) in [7, 11) is 1.62. The van der Waals surface area contributed by atoms with E-state index in [0.29, 0.717) is 0 Å².